The van der Waals surface area contributed by atoms with E-state index in [1.807, 2.05) is 0 Å². The first-order valence-electron chi connectivity index (χ1n) is 5.94. The van der Waals surface area contributed by atoms with Crippen molar-refractivity contribution in [1.29, 1.82) is 0 Å². The van der Waals surface area contributed by atoms with Gasteiger partial charge < -0.3 is 10.2 Å². The van der Waals surface area contributed by atoms with Crippen LogP contribution in [0.1, 0.15) is 46.5 Å². The molecular formula is C12H26N2. The molecule has 0 aliphatic carbocycles. The second kappa shape index (κ2) is 5.13. The molecule has 0 amide bonds. The van der Waals surface area contributed by atoms with E-state index < -0.39 is 0 Å². The lowest BCUT2D eigenvalue weighted by molar-refractivity contribution is 0.172. The third-order valence-corrected chi connectivity index (χ3v) is 3.05. The molecule has 0 aromatic heterocycles. The van der Waals surface area contributed by atoms with Crippen molar-refractivity contribution in [3.05, 3.63) is 0 Å². The van der Waals surface area contributed by atoms with E-state index in [9.17, 15) is 0 Å². The summed E-state index contributed by atoms with van der Waals surface area (Å²) in [6, 6.07) is 0.818. The number of nitrogens with one attached hydrogen (secondary N) is 1. The Morgan fingerprint density at radius 3 is 2.57 bits per heavy atom. The first-order chi connectivity index (χ1) is 6.49. The van der Waals surface area contributed by atoms with Crippen LogP contribution in [-0.4, -0.2) is 36.6 Å². The summed E-state index contributed by atoms with van der Waals surface area (Å²) >= 11 is 0. The zero-order valence-electron chi connectivity index (χ0n) is 10.3. The van der Waals surface area contributed by atoms with Crippen molar-refractivity contribution < 1.29 is 0 Å². The fourth-order valence-electron chi connectivity index (χ4n) is 2.12. The fourth-order valence-corrected chi connectivity index (χ4v) is 2.12. The maximum absolute atomic E-state index is 3.56. The van der Waals surface area contributed by atoms with E-state index in [1.165, 1.54) is 32.2 Å². The molecule has 0 bridgehead atoms. The fraction of sp³-hybridized carbons (Fsp3) is 1.00. The van der Waals surface area contributed by atoms with Gasteiger partial charge in [0.25, 0.3) is 0 Å². The highest BCUT2D eigenvalue weighted by Crippen LogP contribution is 2.17. The lowest BCUT2D eigenvalue weighted by atomic mass is 9.99. The van der Waals surface area contributed by atoms with Gasteiger partial charge in [-0.3, -0.25) is 0 Å². The topological polar surface area (TPSA) is 15.3 Å². The molecule has 1 aliphatic rings. The molecule has 1 saturated heterocycles. The number of rotatable bonds is 3. The number of hydrogen-bond donors (Lipinski definition) is 1. The van der Waals surface area contributed by atoms with Gasteiger partial charge in [-0.2, -0.15) is 0 Å². The van der Waals surface area contributed by atoms with Gasteiger partial charge in [0.15, 0.2) is 0 Å². The minimum absolute atomic E-state index is 0.271. The molecular weight excluding hydrogens is 172 g/mol. The van der Waals surface area contributed by atoms with Gasteiger partial charge in [0.1, 0.15) is 0 Å². The van der Waals surface area contributed by atoms with Gasteiger partial charge >= 0.3 is 0 Å². The predicted octanol–water partition coefficient (Wildman–Crippen LogP) is 2.25. The molecule has 0 aromatic rings. The summed E-state index contributed by atoms with van der Waals surface area (Å²) in [7, 11) is 2.26. The third-order valence-electron chi connectivity index (χ3n) is 3.05. The van der Waals surface area contributed by atoms with E-state index in [4.69, 9.17) is 0 Å². The lowest BCUT2D eigenvalue weighted by Crippen LogP contribution is -2.42. The summed E-state index contributed by atoms with van der Waals surface area (Å²) < 4.78 is 0. The average Bonchev–Trinajstić information content (AvgIpc) is 2.06. The van der Waals surface area contributed by atoms with Crippen LogP contribution in [0, 0.1) is 0 Å². The molecule has 0 radical (unpaired) electrons. The van der Waals surface area contributed by atoms with Crippen LogP contribution in [0.5, 0.6) is 0 Å². The molecule has 0 aromatic carbocycles. The highest BCUT2D eigenvalue weighted by Gasteiger charge is 2.18. The van der Waals surface area contributed by atoms with Crippen LogP contribution >= 0.6 is 0 Å². The van der Waals surface area contributed by atoms with Crippen molar-refractivity contribution in [3.63, 3.8) is 0 Å². The van der Waals surface area contributed by atoms with Crippen molar-refractivity contribution in [2.75, 3.05) is 20.1 Å². The van der Waals surface area contributed by atoms with Crippen LogP contribution in [0.2, 0.25) is 0 Å². The minimum atomic E-state index is 0.271. The van der Waals surface area contributed by atoms with Gasteiger partial charge in [-0.25, -0.2) is 0 Å². The van der Waals surface area contributed by atoms with Crippen LogP contribution in [0.15, 0.2) is 0 Å². The predicted molar refractivity (Wildman–Crippen MR) is 62.6 cm³/mol. The Morgan fingerprint density at radius 2 is 2.00 bits per heavy atom. The van der Waals surface area contributed by atoms with E-state index in [-0.39, 0.29) is 5.54 Å². The first-order valence-corrected chi connectivity index (χ1v) is 5.94. The summed E-state index contributed by atoms with van der Waals surface area (Å²) in [5.74, 6) is 0. The van der Waals surface area contributed by atoms with Crippen molar-refractivity contribution in [3.8, 4) is 0 Å². The molecule has 0 spiro atoms. The SMILES string of the molecule is CN1CCCCC1CCNC(C)(C)C. The molecule has 0 saturated carbocycles. The highest BCUT2D eigenvalue weighted by molar-refractivity contribution is 4.77. The quantitative estimate of drug-likeness (QED) is 0.748. The maximum atomic E-state index is 3.56. The Balaban J connectivity index is 2.17. The van der Waals surface area contributed by atoms with E-state index >= 15 is 0 Å². The number of nitrogens with zero attached hydrogens (tertiary/aromatic N) is 1. The molecule has 14 heavy (non-hydrogen) atoms. The van der Waals surface area contributed by atoms with E-state index in [2.05, 4.69) is 38.0 Å². The third kappa shape index (κ3) is 4.43. The van der Waals surface area contributed by atoms with Gasteiger partial charge in [-0.05, 0) is 60.2 Å². The summed E-state index contributed by atoms with van der Waals surface area (Å²) in [5.41, 5.74) is 0.271. The molecule has 1 N–H and O–H groups in total. The zero-order valence-corrected chi connectivity index (χ0v) is 10.3. The summed E-state index contributed by atoms with van der Waals surface area (Å²) in [6.45, 7) is 9.14. The Morgan fingerprint density at radius 1 is 1.29 bits per heavy atom. The molecule has 84 valence electrons. The average molecular weight is 198 g/mol. The van der Waals surface area contributed by atoms with Crippen LogP contribution in [0.4, 0.5) is 0 Å². The molecule has 1 aliphatic heterocycles. The van der Waals surface area contributed by atoms with E-state index in [0.29, 0.717) is 0 Å². The van der Waals surface area contributed by atoms with Gasteiger partial charge in [0.05, 0.1) is 0 Å². The van der Waals surface area contributed by atoms with Crippen LogP contribution < -0.4 is 5.32 Å². The summed E-state index contributed by atoms with van der Waals surface area (Å²) in [6.07, 6.45) is 5.50. The smallest absolute Gasteiger partial charge is 0.0104 e. The zero-order chi connectivity index (χ0) is 10.6. The number of hydrogen-bond acceptors (Lipinski definition) is 2. The second-order valence-electron chi connectivity index (χ2n) is 5.60. The van der Waals surface area contributed by atoms with Gasteiger partial charge in [-0.15, -0.1) is 0 Å². The van der Waals surface area contributed by atoms with Crippen molar-refractivity contribution in [1.82, 2.24) is 10.2 Å². The van der Waals surface area contributed by atoms with Gasteiger partial charge in [0.2, 0.25) is 0 Å². The van der Waals surface area contributed by atoms with Crippen LogP contribution in [0.25, 0.3) is 0 Å². The molecule has 1 fully saturated rings. The van der Waals surface area contributed by atoms with Crippen molar-refractivity contribution >= 4 is 0 Å². The second-order valence-corrected chi connectivity index (χ2v) is 5.60. The van der Waals surface area contributed by atoms with Crippen LogP contribution in [-0.2, 0) is 0 Å². The molecule has 2 nitrogen and oxygen atoms in total. The molecule has 1 atom stereocenters. The largest absolute Gasteiger partial charge is 0.312 e. The van der Waals surface area contributed by atoms with Crippen molar-refractivity contribution in [2.24, 2.45) is 0 Å². The Bertz CT molecular complexity index is 160. The highest BCUT2D eigenvalue weighted by atomic mass is 15.1. The molecule has 1 unspecified atom stereocenters. The maximum Gasteiger partial charge on any atom is 0.0104 e. The Kier molecular flexibility index (Phi) is 4.39. The Hall–Kier alpha value is -0.0800. The number of likely N-dealkylation sites (tertiary alicyclic amines) is 1. The Labute approximate surface area is 89.1 Å². The van der Waals surface area contributed by atoms with E-state index in [1.54, 1.807) is 0 Å². The molecule has 2 heteroatoms. The van der Waals surface area contributed by atoms with Crippen LogP contribution in [0.3, 0.4) is 0 Å². The summed E-state index contributed by atoms with van der Waals surface area (Å²) in [5, 5.41) is 3.56. The molecule has 1 rings (SSSR count). The lowest BCUT2D eigenvalue weighted by Gasteiger charge is -2.33. The standard InChI is InChI=1S/C12H26N2/c1-12(2,3)13-9-8-11-7-5-6-10-14(11)4/h11,13H,5-10H2,1-4H3. The van der Waals surface area contributed by atoms with Gasteiger partial charge in [-0.1, -0.05) is 6.42 Å². The monoisotopic (exact) mass is 198 g/mol. The first kappa shape index (κ1) is 12.0. The normalized spacial score (nSPS) is 25.3. The minimum Gasteiger partial charge on any atom is -0.312 e. The van der Waals surface area contributed by atoms with Gasteiger partial charge in [0, 0.05) is 11.6 Å². The molecule has 1 heterocycles. The van der Waals surface area contributed by atoms with E-state index in [0.717, 1.165) is 12.6 Å². The van der Waals surface area contributed by atoms with Crippen molar-refractivity contribution in [2.45, 2.75) is 58.0 Å². The summed E-state index contributed by atoms with van der Waals surface area (Å²) in [4.78, 5) is 2.52. The number of piperidine rings is 1.